The zero-order valence-corrected chi connectivity index (χ0v) is 19.5. The van der Waals surface area contributed by atoms with Crippen LogP contribution in [0.25, 0.3) is 6.08 Å². The van der Waals surface area contributed by atoms with E-state index in [0.29, 0.717) is 41.7 Å². The molecule has 2 aliphatic heterocycles. The first kappa shape index (κ1) is 22.8. The Hall–Kier alpha value is -2.41. The van der Waals surface area contributed by atoms with Crippen molar-refractivity contribution in [3.8, 4) is 11.5 Å². The van der Waals surface area contributed by atoms with Crippen molar-refractivity contribution in [3.05, 3.63) is 28.8 Å². The Kier molecular flexibility index (Phi) is 6.84. The molecule has 1 aromatic carbocycles. The van der Waals surface area contributed by atoms with Crippen LogP contribution in [-0.4, -0.2) is 67.3 Å². The van der Waals surface area contributed by atoms with Crippen LogP contribution in [0.15, 0.2) is 18.2 Å². The molecule has 1 saturated carbocycles. The smallest absolute Gasteiger partial charge is 0.410 e. The summed E-state index contributed by atoms with van der Waals surface area (Å²) in [6, 6.07) is 3.69. The van der Waals surface area contributed by atoms with Gasteiger partial charge in [0.15, 0.2) is 11.5 Å². The highest BCUT2D eigenvalue weighted by Gasteiger charge is 2.48. The highest BCUT2D eigenvalue weighted by atomic mass is 35.5. The minimum absolute atomic E-state index is 0.0675. The van der Waals surface area contributed by atoms with Crippen molar-refractivity contribution in [2.45, 2.75) is 56.6 Å². The number of methoxy groups -OCH3 is 2. The zero-order chi connectivity index (χ0) is 22.7. The third-order valence-electron chi connectivity index (χ3n) is 6.90. The van der Waals surface area contributed by atoms with Gasteiger partial charge in [-0.05, 0) is 62.3 Å². The molecule has 3 fully saturated rings. The minimum atomic E-state index is -0.274. The molecule has 8 heteroatoms. The lowest BCUT2D eigenvalue weighted by atomic mass is 9.84. The van der Waals surface area contributed by atoms with Crippen LogP contribution >= 0.6 is 11.6 Å². The number of benzene rings is 1. The molecule has 1 spiro atoms. The van der Waals surface area contributed by atoms with Crippen LogP contribution in [0.5, 0.6) is 11.5 Å². The largest absolute Gasteiger partial charge is 0.493 e. The molecule has 32 heavy (non-hydrogen) atoms. The van der Waals surface area contributed by atoms with E-state index in [-0.39, 0.29) is 23.6 Å². The van der Waals surface area contributed by atoms with Crippen LogP contribution in [0.4, 0.5) is 4.79 Å². The lowest BCUT2D eigenvalue weighted by Gasteiger charge is -2.36. The molecule has 2 heterocycles. The molecule has 7 nitrogen and oxygen atoms in total. The number of piperidine rings is 1. The van der Waals surface area contributed by atoms with Crippen molar-refractivity contribution < 1.29 is 23.8 Å². The number of hydrogen-bond acceptors (Lipinski definition) is 5. The second kappa shape index (κ2) is 9.61. The molecule has 4 rings (SSSR count). The van der Waals surface area contributed by atoms with Crippen LogP contribution in [0.2, 0.25) is 5.02 Å². The molecule has 0 aromatic heterocycles. The van der Waals surface area contributed by atoms with E-state index < -0.39 is 0 Å². The summed E-state index contributed by atoms with van der Waals surface area (Å²) in [5.41, 5.74) is 0.411. The van der Waals surface area contributed by atoms with Crippen molar-refractivity contribution in [3.63, 3.8) is 0 Å². The molecule has 2 amide bonds. The van der Waals surface area contributed by atoms with E-state index in [0.717, 1.165) is 38.5 Å². The van der Waals surface area contributed by atoms with E-state index in [1.165, 1.54) is 19.6 Å². The lowest BCUT2D eigenvalue weighted by molar-refractivity contribution is -0.127. The van der Waals surface area contributed by atoms with Gasteiger partial charge in [-0.15, -0.1) is 0 Å². The summed E-state index contributed by atoms with van der Waals surface area (Å²) in [4.78, 5) is 29.0. The topological polar surface area (TPSA) is 68.3 Å². The Labute approximate surface area is 194 Å². The van der Waals surface area contributed by atoms with E-state index >= 15 is 0 Å². The van der Waals surface area contributed by atoms with Gasteiger partial charge in [-0.2, -0.15) is 0 Å². The lowest BCUT2D eigenvalue weighted by Crippen LogP contribution is -2.47. The summed E-state index contributed by atoms with van der Waals surface area (Å²) in [5.74, 6) is 0.915. The highest BCUT2D eigenvalue weighted by molar-refractivity contribution is 6.33. The number of halogens is 1. The monoisotopic (exact) mass is 462 g/mol. The van der Waals surface area contributed by atoms with Crippen LogP contribution in [-0.2, 0) is 9.53 Å². The average molecular weight is 463 g/mol. The van der Waals surface area contributed by atoms with Gasteiger partial charge in [0.2, 0.25) is 5.91 Å². The highest BCUT2D eigenvalue weighted by Crippen LogP contribution is 2.39. The van der Waals surface area contributed by atoms with Gasteiger partial charge < -0.3 is 24.0 Å². The van der Waals surface area contributed by atoms with E-state index in [1.807, 2.05) is 9.80 Å². The summed E-state index contributed by atoms with van der Waals surface area (Å²) < 4.78 is 16.4. The van der Waals surface area contributed by atoms with Crippen LogP contribution in [0.3, 0.4) is 0 Å². The van der Waals surface area contributed by atoms with Crippen molar-refractivity contribution in [1.82, 2.24) is 9.80 Å². The number of likely N-dealkylation sites (tertiary alicyclic amines) is 1. The fourth-order valence-corrected chi connectivity index (χ4v) is 5.38. The Balaban J connectivity index is 1.34. The standard InChI is InChI=1S/C24H31ClN2O5/c1-30-19-8-6-17(21(25)22(19)31-2)7-9-20(28)26-14-10-18(11-15-26)27-16-24(32-23(27)29)12-4-3-5-13-24/h6-9,18H,3-5,10-16H2,1-2H3/b9-7+. The van der Waals surface area contributed by atoms with Crippen LogP contribution in [0, 0.1) is 0 Å². The SMILES string of the molecule is COc1ccc(/C=C/C(=O)N2CCC(N3CC4(CCCCC4)OC3=O)CC2)c(Cl)c1OC. The first-order valence-electron chi connectivity index (χ1n) is 11.3. The molecular formula is C24H31ClN2O5. The number of amides is 2. The fourth-order valence-electron chi connectivity index (χ4n) is 5.08. The normalized spacial score (nSPS) is 21.3. The molecule has 0 N–H and O–H groups in total. The number of carbonyl (C=O) groups excluding carboxylic acids is 2. The molecule has 0 unspecified atom stereocenters. The minimum Gasteiger partial charge on any atom is -0.493 e. The number of hydrogen-bond donors (Lipinski definition) is 0. The summed E-state index contributed by atoms with van der Waals surface area (Å²) in [6.45, 7) is 1.93. The number of ether oxygens (including phenoxy) is 3. The van der Waals surface area contributed by atoms with E-state index in [1.54, 1.807) is 25.3 Å². The summed E-state index contributed by atoms with van der Waals surface area (Å²) in [7, 11) is 3.08. The van der Waals surface area contributed by atoms with Gasteiger partial charge in [-0.3, -0.25) is 4.79 Å². The Morgan fingerprint density at radius 2 is 1.88 bits per heavy atom. The third-order valence-corrected chi connectivity index (χ3v) is 7.29. The zero-order valence-electron chi connectivity index (χ0n) is 18.8. The molecule has 2 saturated heterocycles. The first-order valence-corrected chi connectivity index (χ1v) is 11.7. The Morgan fingerprint density at radius 1 is 1.16 bits per heavy atom. The van der Waals surface area contributed by atoms with E-state index in [9.17, 15) is 9.59 Å². The van der Waals surface area contributed by atoms with Gasteiger partial charge >= 0.3 is 6.09 Å². The molecule has 1 aromatic rings. The van der Waals surface area contributed by atoms with Gasteiger partial charge in [-0.1, -0.05) is 18.0 Å². The van der Waals surface area contributed by atoms with Crippen LogP contribution in [0.1, 0.15) is 50.5 Å². The summed E-state index contributed by atoms with van der Waals surface area (Å²) in [6.07, 6.45) is 10.0. The maximum atomic E-state index is 12.7. The molecule has 0 bridgehead atoms. The second-order valence-electron chi connectivity index (χ2n) is 8.83. The van der Waals surface area contributed by atoms with Gasteiger partial charge in [0.1, 0.15) is 5.60 Å². The summed E-state index contributed by atoms with van der Waals surface area (Å²) in [5, 5.41) is 0.402. The Morgan fingerprint density at radius 3 is 2.53 bits per heavy atom. The van der Waals surface area contributed by atoms with Gasteiger partial charge in [0.25, 0.3) is 0 Å². The number of nitrogens with zero attached hydrogens (tertiary/aromatic N) is 2. The number of carbonyl (C=O) groups is 2. The van der Waals surface area contributed by atoms with Crippen LogP contribution < -0.4 is 9.47 Å². The molecule has 3 aliphatic rings. The van der Waals surface area contributed by atoms with Crippen molar-refractivity contribution in [2.75, 3.05) is 33.9 Å². The maximum Gasteiger partial charge on any atom is 0.410 e. The van der Waals surface area contributed by atoms with Gasteiger partial charge in [0.05, 0.1) is 25.8 Å². The van der Waals surface area contributed by atoms with Crippen molar-refractivity contribution in [2.24, 2.45) is 0 Å². The van der Waals surface area contributed by atoms with Gasteiger partial charge in [-0.25, -0.2) is 4.79 Å². The molecule has 1 aliphatic carbocycles. The molecule has 0 atom stereocenters. The average Bonchev–Trinajstić information content (AvgIpc) is 3.13. The van der Waals surface area contributed by atoms with E-state index in [2.05, 4.69) is 0 Å². The third kappa shape index (κ3) is 4.53. The van der Waals surface area contributed by atoms with E-state index in [4.69, 9.17) is 25.8 Å². The molecule has 174 valence electrons. The first-order chi connectivity index (χ1) is 15.5. The maximum absolute atomic E-state index is 12.7. The quantitative estimate of drug-likeness (QED) is 0.602. The van der Waals surface area contributed by atoms with Gasteiger partial charge in [0, 0.05) is 25.2 Å². The Bertz CT molecular complexity index is 889. The van der Waals surface area contributed by atoms with Crippen molar-refractivity contribution in [1.29, 1.82) is 0 Å². The molecule has 0 radical (unpaired) electrons. The number of rotatable bonds is 5. The predicted molar refractivity (Wildman–Crippen MR) is 122 cm³/mol. The predicted octanol–water partition coefficient (Wildman–Crippen LogP) is 4.52. The summed E-state index contributed by atoms with van der Waals surface area (Å²) >= 11 is 6.40. The molecular weight excluding hydrogens is 432 g/mol. The van der Waals surface area contributed by atoms with Crippen molar-refractivity contribution >= 4 is 29.7 Å². The second-order valence-corrected chi connectivity index (χ2v) is 9.21. The fraction of sp³-hybridized carbons (Fsp3) is 0.583.